The number of hydrogen-bond donors (Lipinski definition) is 2. The molecular weight excluding hydrogens is 348 g/mol. The molecule has 0 bridgehead atoms. The Labute approximate surface area is 147 Å². The lowest BCUT2D eigenvalue weighted by Crippen LogP contribution is -2.14. The molecule has 25 heavy (non-hydrogen) atoms. The van der Waals surface area contributed by atoms with E-state index >= 15 is 0 Å². The van der Waals surface area contributed by atoms with Gasteiger partial charge in [0.15, 0.2) is 0 Å². The first-order valence-corrected chi connectivity index (χ1v) is 7.65. The van der Waals surface area contributed by atoms with Gasteiger partial charge in [-0.2, -0.15) is 0 Å². The maximum Gasteiger partial charge on any atom is 0.259 e. The number of halogens is 3. The summed E-state index contributed by atoms with van der Waals surface area (Å²) in [5.74, 6) is -1.20. The lowest BCUT2D eigenvalue weighted by Gasteiger charge is -2.11. The van der Waals surface area contributed by atoms with Crippen LogP contribution in [0.15, 0.2) is 60.8 Å². The van der Waals surface area contributed by atoms with Gasteiger partial charge in [0.25, 0.3) is 5.91 Å². The molecule has 0 saturated carbocycles. The van der Waals surface area contributed by atoms with Gasteiger partial charge in [-0.05, 0) is 48.5 Å². The third-order valence-corrected chi connectivity index (χ3v) is 3.61. The molecule has 2 N–H and O–H groups in total. The van der Waals surface area contributed by atoms with Crippen molar-refractivity contribution in [1.29, 1.82) is 0 Å². The number of nitrogens with zero attached hydrogens (tertiary/aromatic N) is 1. The Morgan fingerprint density at radius 1 is 1.00 bits per heavy atom. The molecule has 0 unspecified atom stereocenters. The Bertz CT molecular complexity index is 934. The summed E-state index contributed by atoms with van der Waals surface area (Å²) in [6.45, 7) is 0. The van der Waals surface area contributed by atoms with Crippen molar-refractivity contribution in [3.8, 4) is 0 Å². The van der Waals surface area contributed by atoms with Crippen molar-refractivity contribution in [2.45, 2.75) is 0 Å². The van der Waals surface area contributed by atoms with E-state index in [1.54, 1.807) is 18.2 Å². The second-order valence-electron chi connectivity index (χ2n) is 5.12. The van der Waals surface area contributed by atoms with Crippen LogP contribution >= 0.6 is 11.6 Å². The van der Waals surface area contributed by atoms with Gasteiger partial charge in [0.1, 0.15) is 17.5 Å². The molecule has 0 atom stereocenters. The van der Waals surface area contributed by atoms with Crippen molar-refractivity contribution in [3.05, 3.63) is 83.0 Å². The summed E-state index contributed by atoms with van der Waals surface area (Å²) in [5, 5.41) is 5.47. The number of rotatable bonds is 4. The van der Waals surface area contributed by atoms with Crippen molar-refractivity contribution < 1.29 is 13.6 Å². The second kappa shape index (κ2) is 7.27. The molecule has 3 aromatic rings. The fourth-order valence-corrected chi connectivity index (χ4v) is 2.34. The van der Waals surface area contributed by atoms with Gasteiger partial charge in [0.2, 0.25) is 0 Å². The molecule has 1 heterocycles. The summed E-state index contributed by atoms with van der Waals surface area (Å²) in [4.78, 5) is 16.6. The number of benzene rings is 2. The zero-order chi connectivity index (χ0) is 17.8. The topological polar surface area (TPSA) is 54.0 Å². The Morgan fingerprint density at radius 2 is 1.84 bits per heavy atom. The molecule has 0 spiro atoms. The van der Waals surface area contributed by atoms with Crippen LogP contribution in [0.2, 0.25) is 5.02 Å². The van der Waals surface area contributed by atoms with Gasteiger partial charge >= 0.3 is 0 Å². The molecule has 0 radical (unpaired) electrons. The van der Waals surface area contributed by atoms with Crippen molar-refractivity contribution in [1.82, 2.24) is 4.98 Å². The normalized spacial score (nSPS) is 10.4. The highest BCUT2D eigenvalue weighted by Crippen LogP contribution is 2.24. The maximum absolute atomic E-state index is 13.2. The summed E-state index contributed by atoms with van der Waals surface area (Å²) < 4.78 is 26.5. The highest BCUT2D eigenvalue weighted by molar-refractivity contribution is 6.31. The molecule has 2 aromatic carbocycles. The third kappa shape index (κ3) is 4.10. The number of carbonyl (C=O) groups is 1. The number of pyridine rings is 1. The van der Waals surface area contributed by atoms with E-state index < -0.39 is 17.5 Å². The predicted molar refractivity (Wildman–Crippen MR) is 93.3 cm³/mol. The Kier molecular flexibility index (Phi) is 4.90. The van der Waals surface area contributed by atoms with Crippen molar-refractivity contribution >= 4 is 34.7 Å². The Morgan fingerprint density at radius 3 is 2.60 bits per heavy atom. The van der Waals surface area contributed by atoms with E-state index in [2.05, 4.69) is 15.6 Å². The molecular formula is C18H12ClF2N3O. The van der Waals surface area contributed by atoms with Gasteiger partial charge in [0.05, 0.1) is 10.6 Å². The molecule has 0 saturated heterocycles. The van der Waals surface area contributed by atoms with Crippen molar-refractivity contribution in [3.63, 3.8) is 0 Å². The van der Waals surface area contributed by atoms with Crippen LogP contribution in [0, 0.1) is 11.6 Å². The van der Waals surface area contributed by atoms with Gasteiger partial charge in [0, 0.05) is 17.6 Å². The molecule has 0 aliphatic carbocycles. The second-order valence-corrected chi connectivity index (χ2v) is 5.53. The highest BCUT2D eigenvalue weighted by Gasteiger charge is 2.13. The largest absolute Gasteiger partial charge is 0.340 e. The highest BCUT2D eigenvalue weighted by atomic mass is 35.5. The summed E-state index contributed by atoms with van der Waals surface area (Å²) >= 11 is 5.75. The van der Waals surface area contributed by atoms with Gasteiger partial charge < -0.3 is 10.6 Å². The Balaban J connectivity index is 1.85. The number of anilines is 3. The number of nitrogens with one attached hydrogen (secondary N) is 2. The van der Waals surface area contributed by atoms with Crippen LogP contribution < -0.4 is 10.6 Å². The van der Waals surface area contributed by atoms with Crippen LogP contribution in [0.25, 0.3) is 0 Å². The van der Waals surface area contributed by atoms with Crippen LogP contribution in [0.3, 0.4) is 0 Å². The Hall–Kier alpha value is -2.99. The lowest BCUT2D eigenvalue weighted by atomic mass is 10.2. The molecule has 1 aromatic heterocycles. The third-order valence-electron chi connectivity index (χ3n) is 3.32. The minimum absolute atomic E-state index is 0.0494. The van der Waals surface area contributed by atoms with Gasteiger partial charge in [-0.25, -0.2) is 13.8 Å². The van der Waals surface area contributed by atoms with Crippen molar-refractivity contribution in [2.24, 2.45) is 0 Å². The molecule has 7 heteroatoms. The standard InChI is InChI=1S/C18H12ClF2N3O/c19-15-10-13(6-7-16(15)21)23-17-14(5-2-8-22-17)18(25)24-12-4-1-3-11(20)9-12/h1-10H,(H,22,23)(H,24,25). The van der Waals surface area contributed by atoms with Crippen LogP contribution in [0.1, 0.15) is 10.4 Å². The molecule has 126 valence electrons. The molecule has 0 aliphatic rings. The average molecular weight is 360 g/mol. The van der Waals surface area contributed by atoms with Crippen molar-refractivity contribution in [2.75, 3.05) is 10.6 Å². The van der Waals surface area contributed by atoms with E-state index in [0.29, 0.717) is 11.4 Å². The number of carbonyl (C=O) groups excluding carboxylic acids is 1. The molecule has 3 rings (SSSR count). The van der Waals surface area contributed by atoms with E-state index in [4.69, 9.17) is 11.6 Å². The van der Waals surface area contributed by atoms with Gasteiger partial charge in [-0.3, -0.25) is 4.79 Å². The lowest BCUT2D eigenvalue weighted by molar-refractivity contribution is 0.102. The number of amides is 1. The van der Waals surface area contributed by atoms with E-state index in [0.717, 1.165) is 0 Å². The zero-order valence-electron chi connectivity index (χ0n) is 12.8. The molecule has 4 nitrogen and oxygen atoms in total. The first kappa shape index (κ1) is 16.9. The smallest absolute Gasteiger partial charge is 0.259 e. The maximum atomic E-state index is 13.2. The molecule has 0 fully saturated rings. The van der Waals surface area contributed by atoms with E-state index in [1.807, 2.05) is 0 Å². The zero-order valence-corrected chi connectivity index (χ0v) is 13.5. The quantitative estimate of drug-likeness (QED) is 0.688. The van der Waals surface area contributed by atoms with E-state index in [9.17, 15) is 13.6 Å². The monoisotopic (exact) mass is 359 g/mol. The van der Waals surface area contributed by atoms with Gasteiger partial charge in [-0.1, -0.05) is 17.7 Å². The van der Waals surface area contributed by atoms with E-state index in [1.165, 1.54) is 42.6 Å². The molecule has 0 aliphatic heterocycles. The minimum atomic E-state index is -0.544. The summed E-state index contributed by atoms with van der Waals surface area (Å²) in [6.07, 6.45) is 1.51. The first-order valence-electron chi connectivity index (χ1n) is 7.27. The summed E-state index contributed by atoms with van der Waals surface area (Å²) in [7, 11) is 0. The van der Waals surface area contributed by atoms with Crippen LogP contribution in [0.4, 0.5) is 26.0 Å². The summed E-state index contributed by atoms with van der Waals surface area (Å²) in [6, 6.07) is 12.8. The first-order chi connectivity index (χ1) is 12.0. The fourth-order valence-electron chi connectivity index (χ4n) is 2.16. The fraction of sp³-hybridized carbons (Fsp3) is 0. The minimum Gasteiger partial charge on any atom is -0.340 e. The molecule has 1 amide bonds. The van der Waals surface area contributed by atoms with E-state index in [-0.39, 0.29) is 16.4 Å². The number of aromatic nitrogens is 1. The SMILES string of the molecule is O=C(Nc1cccc(F)c1)c1cccnc1Nc1ccc(F)c(Cl)c1. The van der Waals surface area contributed by atoms with Gasteiger partial charge in [-0.15, -0.1) is 0 Å². The average Bonchev–Trinajstić information content (AvgIpc) is 2.58. The van der Waals surface area contributed by atoms with Crippen LogP contribution in [-0.2, 0) is 0 Å². The predicted octanol–water partition coefficient (Wildman–Crippen LogP) is 5.01. The van der Waals surface area contributed by atoms with Crippen LogP contribution in [-0.4, -0.2) is 10.9 Å². The van der Waals surface area contributed by atoms with Crippen LogP contribution in [0.5, 0.6) is 0 Å². The number of hydrogen-bond acceptors (Lipinski definition) is 3. The summed E-state index contributed by atoms with van der Waals surface area (Å²) in [5.41, 5.74) is 1.04.